The smallest absolute Gasteiger partial charge is 0.340 e. The Morgan fingerprint density at radius 3 is 1.93 bits per heavy atom. The molecule has 476 valence electrons. The molecule has 4 N–H and O–H groups in total. The molecule has 1 spiro atoms. The largest absolute Gasteiger partial charge is 0.508 e. The van der Waals surface area contributed by atoms with Crippen LogP contribution in [0.2, 0.25) is 15.1 Å². The lowest BCUT2D eigenvalue weighted by molar-refractivity contribution is -0.122. The Labute approximate surface area is 529 Å². The number of carbonyl (C=O) groups excluding carboxylic acids is 3. The summed E-state index contributed by atoms with van der Waals surface area (Å²) in [6.07, 6.45) is 6.13. The molecule has 9 rings (SSSR count). The monoisotopic (exact) mass is 1280 g/mol. The summed E-state index contributed by atoms with van der Waals surface area (Å²) in [6.45, 7) is 16.3. The first-order valence-corrected chi connectivity index (χ1v) is 32.5. The Kier molecular flexibility index (Phi) is 24.9. The summed E-state index contributed by atoms with van der Waals surface area (Å²) in [5, 5.41) is 15.7. The number of aryl methyl sites for hydroxylation is 1. The van der Waals surface area contributed by atoms with E-state index in [9.17, 15) is 24.0 Å². The Morgan fingerprint density at radius 1 is 0.713 bits per heavy atom. The first-order chi connectivity index (χ1) is 42.2. The van der Waals surface area contributed by atoms with E-state index in [1.807, 2.05) is 12.1 Å². The number of ether oxygens (including phenoxy) is 10. The second-order valence-corrected chi connectivity index (χ2v) is 24.6. The molecule has 2 amide bonds. The second kappa shape index (κ2) is 32.4. The van der Waals surface area contributed by atoms with E-state index in [0.717, 1.165) is 90.9 Å². The van der Waals surface area contributed by atoms with Crippen molar-refractivity contribution in [3.05, 3.63) is 108 Å². The normalized spacial score (nSPS) is 17.7. The van der Waals surface area contributed by atoms with Crippen LogP contribution in [-0.2, 0) is 77.1 Å². The Morgan fingerprint density at radius 2 is 1.30 bits per heavy atom. The number of benzene rings is 4. The standard InChI is InChI=1S/C64H83Cl3N4O15S/c1-42-55-56(58(66)59(67)57(42)65)64(86-62(55)75)49-37-44-7-4-18-70(51(44)39-52(49)85-61-47-8-5-20-71-60(47)48(38-50(61)64)45(41-87-76)40-63(71,2)3)19-6-9-53(73)69-17-22-78-24-26-80-28-30-82-32-34-84-36-35-83-33-31-81-29-27-79-25-23-77-21-15-54(74)68-16-14-43-10-12-46(72)13-11-43/h10-13,37-39,45,72,76H,4-9,14-36,40-41H2,1-3H3,(H,68,74)(H,69,73). The third-order valence-corrected chi connectivity index (χ3v) is 18.5. The molecule has 0 saturated carbocycles. The van der Waals surface area contributed by atoms with Crippen molar-refractivity contribution in [3.8, 4) is 17.2 Å². The van der Waals surface area contributed by atoms with Crippen molar-refractivity contribution < 1.29 is 71.4 Å². The minimum absolute atomic E-state index is 0.0214. The second-order valence-electron chi connectivity index (χ2n) is 22.9. The molecule has 5 heterocycles. The number of fused-ring (bicyclic) bond motifs is 8. The summed E-state index contributed by atoms with van der Waals surface area (Å²) in [4.78, 5) is 44.2. The molecule has 4 aromatic carbocycles. The number of carbonyl (C=O) groups is 3. The van der Waals surface area contributed by atoms with Crippen molar-refractivity contribution in [2.75, 3.05) is 154 Å². The van der Waals surface area contributed by atoms with Gasteiger partial charge in [0.1, 0.15) is 17.2 Å². The first-order valence-electron chi connectivity index (χ1n) is 30.4. The lowest BCUT2D eigenvalue weighted by atomic mass is 9.71. The van der Waals surface area contributed by atoms with Gasteiger partial charge in [0.25, 0.3) is 0 Å². The molecule has 5 aliphatic rings. The van der Waals surface area contributed by atoms with Gasteiger partial charge in [-0.25, -0.2) is 4.79 Å². The van der Waals surface area contributed by atoms with Gasteiger partial charge >= 0.3 is 5.97 Å². The fourth-order valence-corrected chi connectivity index (χ4v) is 13.6. The third kappa shape index (κ3) is 16.5. The van der Waals surface area contributed by atoms with Crippen molar-refractivity contribution in [2.45, 2.75) is 95.6 Å². The summed E-state index contributed by atoms with van der Waals surface area (Å²) in [5.41, 5.74) is 7.36. The van der Waals surface area contributed by atoms with Crippen molar-refractivity contribution in [3.63, 3.8) is 0 Å². The molecule has 23 heteroatoms. The fourth-order valence-electron chi connectivity index (χ4n) is 12.4. The van der Waals surface area contributed by atoms with E-state index in [0.29, 0.717) is 190 Å². The predicted molar refractivity (Wildman–Crippen MR) is 335 cm³/mol. The number of rotatable bonds is 36. The molecule has 0 fully saturated rings. The molecule has 0 radical (unpaired) electrons. The number of nitrogens with one attached hydrogen (secondary N) is 2. The van der Waals surface area contributed by atoms with E-state index in [2.05, 4.69) is 52.5 Å². The van der Waals surface area contributed by atoms with Crippen LogP contribution in [0.5, 0.6) is 17.2 Å². The highest BCUT2D eigenvalue weighted by atomic mass is 35.5. The molecule has 19 nitrogen and oxygen atoms in total. The van der Waals surface area contributed by atoms with Gasteiger partial charge in [0.15, 0.2) is 5.60 Å². The maximum atomic E-state index is 14.4. The zero-order chi connectivity index (χ0) is 61.3. The molecule has 0 saturated heterocycles. The predicted octanol–water partition coefficient (Wildman–Crippen LogP) is 9.98. The molecule has 2 atom stereocenters. The number of amides is 2. The Hall–Kier alpha value is -4.65. The van der Waals surface area contributed by atoms with Crippen LogP contribution in [0.4, 0.5) is 11.4 Å². The van der Waals surface area contributed by atoms with Crippen LogP contribution in [0.25, 0.3) is 0 Å². The van der Waals surface area contributed by atoms with Crippen LogP contribution in [0, 0.1) is 6.92 Å². The zero-order valence-electron chi connectivity index (χ0n) is 50.2. The molecular weight excluding hydrogens is 1200 g/mol. The molecule has 0 aliphatic carbocycles. The van der Waals surface area contributed by atoms with Crippen LogP contribution < -0.4 is 25.2 Å². The fraction of sp³-hybridized carbons (Fsp3) is 0.578. The van der Waals surface area contributed by atoms with E-state index in [-0.39, 0.29) is 50.5 Å². The van der Waals surface area contributed by atoms with Crippen LogP contribution >= 0.6 is 46.8 Å². The summed E-state index contributed by atoms with van der Waals surface area (Å²) in [6, 6.07) is 13.3. The van der Waals surface area contributed by atoms with Crippen LogP contribution in [0.1, 0.15) is 113 Å². The summed E-state index contributed by atoms with van der Waals surface area (Å²) >= 11 is 21.8. The molecule has 4 aromatic rings. The topological polar surface area (TPSA) is 215 Å². The molecular formula is C64H83Cl3N4O15S. The van der Waals surface area contributed by atoms with Crippen molar-refractivity contribution >= 4 is 76.0 Å². The van der Waals surface area contributed by atoms with Gasteiger partial charge in [-0.3, -0.25) is 9.59 Å². The van der Waals surface area contributed by atoms with Crippen LogP contribution in [-0.4, -0.2) is 177 Å². The number of hydrogen-bond donors (Lipinski definition) is 4. The quantitative estimate of drug-likeness (QED) is 0.0144. The van der Waals surface area contributed by atoms with Crippen molar-refractivity contribution in [1.29, 1.82) is 0 Å². The molecule has 87 heavy (non-hydrogen) atoms. The van der Waals surface area contributed by atoms with E-state index in [1.54, 1.807) is 19.1 Å². The Bertz CT molecular complexity index is 2990. The highest BCUT2D eigenvalue weighted by Crippen LogP contribution is 2.64. The summed E-state index contributed by atoms with van der Waals surface area (Å²) in [5.74, 6) is 1.31. The van der Waals surface area contributed by atoms with Gasteiger partial charge in [0.05, 0.1) is 126 Å². The lowest BCUT2D eigenvalue weighted by Crippen LogP contribution is -2.51. The number of hydrogen-bond acceptors (Lipinski definition) is 18. The van der Waals surface area contributed by atoms with Crippen LogP contribution in [0.15, 0.2) is 42.5 Å². The maximum Gasteiger partial charge on any atom is 0.340 e. The minimum atomic E-state index is -1.50. The lowest BCUT2D eigenvalue weighted by Gasteiger charge is -2.52. The highest BCUT2D eigenvalue weighted by molar-refractivity contribution is 7.93. The number of nitrogens with zero attached hydrogens (tertiary/aromatic N) is 2. The minimum Gasteiger partial charge on any atom is -0.508 e. The van der Waals surface area contributed by atoms with Gasteiger partial charge in [0.2, 0.25) is 11.8 Å². The van der Waals surface area contributed by atoms with E-state index in [4.69, 9.17) is 82.2 Å². The number of phenolic OH excluding ortho intramolecular Hbond substituents is 1. The van der Waals surface area contributed by atoms with Crippen LogP contribution in [0.3, 0.4) is 0 Å². The van der Waals surface area contributed by atoms with Gasteiger partial charge in [-0.1, -0.05) is 46.9 Å². The van der Waals surface area contributed by atoms with E-state index in [1.165, 1.54) is 0 Å². The number of halogens is 3. The zero-order valence-corrected chi connectivity index (χ0v) is 53.3. The third-order valence-electron chi connectivity index (χ3n) is 16.5. The molecule has 0 bridgehead atoms. The first kappa shape index (κ1) is 66.8. The average Bonchev–Trinajstić information content (AvgIpc) is 1.65. The summed E-state index contributed by atoms with van der Waals surface area (Å²) in [7, 11) is 0. The molecule has 5 aliphatic heterocycles. The maximum absolute atomic E-state index is 14.4. The number of phenols is 1. The molecule has 2 unspecified atom stereocenters. The Balaban J connectivity index is 0.621. The highest BCUT2D eigenvalue weighted by Gasteiger charge is 2.58. The van der Waals surface area contributed by atoms with Gasteiger partial charge in [0, 0.05) is 96.6 Å². The van der Waals surface area contributed by atoms with Crippen molar-refractivity contribution in [1.82, 2.24) is 10.6 Å². The van der Waals surface area contributed by atoms with E-state index >= 15 is 0 Å². The number of anilines is 2. The van der Waals surface area contributed by atoms with Gasteiger partial charge < -0.3 is 77.5 Å². The average molecular weight is 1290 g/mol. The van der Waals surface area contributed by atoms with Gasteiger partial charge in [-0.05, 0) is 130 Å². The van der Waals surface area contributed by atoms with Gasteiger partial charge in [-0.2, -0.15) is 0 Å². The van der Waals surface area contributed by atoms with Gasteiger partial charge in [-0.15, -0.1) is 0 Å². The number of esters is 1. The van der Waals surface area contributed by atoms with Crippen molar-refractivity contribution in [2.24, 2.45) is 0 Å². The molecule has 0 aromatic heterocycles. The number of aromatic hydroxyl groups is 1. The van der Waals surface area contributed by atoms with E-state index < -0.39 is 11.6 Å². The summed E-state index contributed by atoms with van der Waals surface area (Å²) < 4.78 is 68.8. The SMILES string of the molecule is Cc1c(Cl)c(Cl)c(Cl)c2c1C(=O)OC21c2cc3c(cc2Oc2c1cc1c4c2CCCN4C(C)(C)CC1CSO)N(CCCC(=O)NCCOCCOCCOCCOCCOCCOCCOCCOCCC(=O)NCCc1ccc(O)cc1)CCC3.